The molecule has 0 atom stereocenters. The van der Waals surface area contributed by atoms with Crippen LogP contribution in [0.5, 0.6) is 0 Å². The van der Waals surface area contributed by atoms with Gasteiger partial charge in [-0.05, 0) is 30.7 Å². The van der Waals surface area contributed by atoms with Crippen LogP contribution in [-0.2, 0) is 9.59 Å². The van der Waals surface area contributed by atoms with Crippen molar-refractivity contribution in [3.63, 3.8) is 0 Å². The van der Waals surface area contributed by atoms with Gasteiger partial charge in [-0.25, -0.2) is 4.39 Å². The number of rotatable bonds is 8. The van der Waals surface area contributed by atoms with Gasteiger partial charge < -0.3 is 10.6 Å². The second-order valence-corrected chi connectivity index (χ2v) is 5.24. The number of anilines is 1. The Morgan fingerprint density at radius 1 is 1.15 bits per heavy atom. The molecule has 1 aromatic rings. The lowest BCUT2D eigenvalue weighted by Gasteiger charge is -2.06. The summed E-state index contributed by atoms with van der Waals surface area (Å²) in [5, 5.41) is 5.42. The maximum atomic E-state index is 12.7. The predicted molar refractivity (Wildman–Crippen MR) is 80.3 cm³/mol. The summed E-state index contributed by atoms with van der Waals surface area (Å²) in [5.74, 6) is -0.152. The third-order valence-corrected chi connectivity index (χ3v) is 3.38. The van der Waals surface area contributed by atoms with E-state index in [1.807, 2.05) is 0 Å². The summed E-state index contributed by atoms with van der Waals surface area (Å²) in [6.45, 7) is 2.73. The molecule has 110 valence electrons. The number of thioether (sulfide) groups is 1. The van der Waals surface area contributed by atoms with Crippen LogP contribution in [0.25, 0.3) is 0 Å². The number of hydrogen-bond donors (Lipinski definition) is 2. The third kappa shape index (κ3) is 7.13. The lowest BCUT2D eigenvalue weighted by molar-refractivity contribution is -0.118. The summed E-state index contributed by atoms with van der Waals surface area (Å²) in [6, 6.07) is 5.55. The highest BCUT2D eigenvalue weighted by molar-refractivity contribution is 8.00. The Morgan fingerprint density at radius 2 is 1.80 bits per heavy atom. The largest absolute Gasteiger partial charge is 0.355 e. The van der Waals surface area contributed by atoms with Crippen molar-refractivity contribution in [2.75, 3.05) is 23.4 Å². The van der Waals surface area contributed by atoms with E-state index in [0.29, 0.717) is 12.2 Å². The Labute approximate surface area is 122 Å². The van der Waals surface area contributed by atoms with Crippen molar-refractivity contribution in [1.82, 2.24) is 5.32 Å². The van der Waals surface area contributed by atoms with Crippen molar-refractivity contribution < 1.29 is 14.0 Å². The SMILES string of the molecule is CCCCNC(=O)CSCC(=O)Nc1ccc(F)cc1. The monoisotopic (exact) mass is 298 g/mol. The number of carbonyl (C=O) groups is 2. The fourth-order valence-electron chi connectivity index (χ4n) is 1.42. The Balaban J connectivity index is 2.17. The molecule has 2 amide bonds. The molecule has 2 N–H and O–H groups in total. The van der Waals surface area contributed by atoms with Crippen LogP contribution in [0.4, 0.5) is 10.1 Å². The molecular weight excluding hydrogens is 279 g/mol. The van der Waals surface area contributed by atoms with Gasteiger partial charge in [0.2, 0.25) is 11.8 Å². The average molecular weight is 298 g/mol. The van der Waals surface area contributed by atoms with E-state index in [-0.39, 0.29) is 29.1 Å². The molecule has 4 nitrogen and oxygen atoms in total. The minimum Gasteiger partial charge on any atom is -0.355 e. The van der Waals surface area contributed by atoms with Crippen LogP contribution in [0.3, 0.4) is 0 Å². The molecular formula is C14H19FN2O2S. The first kappa shape index (κ1) is 16.5. The molecule has 20 heavy (non-hydrogen) atoms. The molecule has 0 aliphatic rings. The van der Waals surface area contributed by atoms with Gasteiger partial charge in [-0.15, -0.1) is 11.8 Å². The molecule has 0 saturated heterocycles. The number of benzene rings is 1. The van der Waals surface area contributed by atoms with Crippen LogP contribution in [-0.4, -0.2) is 29.9 Å². The van der Waals surface area contributed by atoms with Crippen LogP contribution in [0.15, 0.2) is 24.3 Å². The van der Waals surface area contributed by atoms with Gasteiger partial charge >= 0.3 is 0 Å². The number of unbranched alkanes of at least 4 members (excludes halogenated alkanes) is 1. The molecule has 0 saturated carbocycles. The summed E-state index contributed by atoms with van der Waals surface area (Å²) in [7, 11) is 0. The highest BCUT2D eigenvalue weighted by Crippen LogP contribution is 2.09. The summed E-state index contributed by atoms with van der Waals surface area (Å²) in [6.07, 6.45) is 1.99. The standard InChI is InChI=1S/C14H19FN2O2S/c1-2-3-8-16-13(18)9-20-10-14(19)17-12-6-4-11(15)5-7-12/h4-7H,2-3,8-10H2,1H3,(H,16,18)(H,17,19). The maximum Gasteiger partial charge on any atom is 0.234 e. The lowest BCUT2D eigenvalue weighted by atomic mass is 10.3. The number of nitrogens with one attached hydrogen (secondary N) is 2. The van der Waals surface area contributed by atoms with Crippen LogP contribution in [0.2, 0.25) is 0 Å². The minimum absolute atomic E-state index is 0.0574. The molecule has 0 radical (unpaired) electrons. The van der Waals surface area contributed by atoms with Crippen molar-refractivity contribution in [3.8, 4) is 0 Å². The Hall–Kier alpha value is -1.56. The number of amides is 2. The van der Waals surface area contributed by atoms with E-state index in [0.717, 1.165) is 12.8 Å². The maximum absolute atomic E-state index is 12.7. The molecule has 1 aromatic carbocycles. The third-order valence-electron chi connectivity index (χ3n) is 2.45. The van der Waals surface area contributed by atoms with Gasteiger partial charge in [-0.1, -0.05) is 13.3 Å². The number of halogens is 1. The van der Waals surface area contributed by atoms with E-state index < -0.39 is 0 Å². The zero-order valence-electron chi connectivity index (χ0n) is 11.4. The second-order valence-electron chi connectivity index (χ2n) is 4.25. The normalized spacial score (nSPS) is 10.1. The zero-order chi connectivity index (χ0) is 14.8. The zero-order valence-corrected chi connectivity index (χ0v) is 12.3. The molecule has 0 unspecified atom stereocenters. The van der Waals surface area contributed by atoms with E-state index in [1.165, 1.54) is 36.0 Å². The molecule has 0 heterocycles. The highest BCUT2D eigenvalue weighted by atomic mass is 32.2. The first-order chi connectivity index (χ1) is 9.61. The molecule has 0 aliphatic carbocycles. The van der Waals surface area contributed by atoms with Gasteiger partial charge in [0.1, 0.15) is 5.82 Å². The van der Waals surface area contributed by atoms with Gasteiger partial charge in [0.05, 0.1) is 11.5 Å². The molecule has 6 heteroatoms. The fraction of sp³-hybridized carbons (Fsp3) is 0.429. The van der Waals surface area contributed by atoms with Gasteiger partial charge in [0, 0.05) is 12.2 Å². The predicted octanol–water partition coefficient (Wildman–Crippen LogP) is 2.41. The second kappa shape index (κ2) is 9.36. The molecule has 1 rings (SSSR count). The summed E-state index contributed by atoms with van der Waals surface area (Å²) < 4.78 is 12.7. The summed E-state index contributed by atoms with van der Waals surface area (Å²) >= 11 is 1.25. The van der Waals surface area contributed by atoms with Gasteiger partial charge in [0.15, 0.2) is 0 Å². The molecule has 0 spiro atoms. The lowest BCUT2D eigenvalue weighted by Crippen LogP contribution is -2.26. The summed E-state index contributed by atoms with van der Waals surface area (Å²) in [5.41, 5.74) is 0.546. The van der Waals surface area contributed by atoms with E-state index in [9.17, 15) is 14.0 Å². The van der Waals surface area contributed by atoms with Crippen LogP contribution >= 0.6 is 11.8 Å². The van der Waals surface area contributed by atoms with E-state index in [4.69, 9.17) is 0 Å². The van der Waals surface area contributed by atoms with Crippen LogP contribution < -0.4 is 10.6 Å². The minimum atomic E-state index is -0.346. The Morgan fingerprint density at radius 3 is 2.45 bits per heavy atom. The van der Waals surface area contributed by atoms with Gasteiger partial charge in [0.25, 0.3) is 0 Å². The molecule has 0 aromatic heterocycles. The van der Waals surface area contributed by atoms with Crippen molar-refractivity contribution in [2.24, 2.45) is 0 Å². The fourth-order valence-corrected chi connectivity index (χ4v) is 2.07. The quantitative estimate of drug-likeness (QED) is 0.725. The van der Waals surface area contributed by atoms with E-state index in [1.54, 1.807) is 0 Å². The Bertz CT molecular complexity index is 437. The molecule has 0 aliphatic heterocycles. The smallest absolute Gasteiger partial charge is 0.234 e. The number of hydrogen-bond acceptors (Lipinski definition) is 3. The first-order valence-corrected chi connectivity index (χ1v) is 7.67. The van der Waals surface area contributed by atoms with Gasteiger partial charge in [-0.3, -0.25) is 9.59 Å². The number of carbonyl (C=O) groups excluding carboxylic acids is 2. The topological polar surface area (TPSA) is 58.2 Å². The van der Waals surface area contributed by atoms with Gasteiger partial charge in [-0.2, -0.15) is 0 Å². The van der Waals surface area contributed by atoms with Crippen molar-refractivity contribution in [2.45, 2.75) is 19.8 Å². The van der Waals surface area contributed by atoms with E-state index in [2.05, 4.69) is 17.6 Å². The molecule has 0 fully saturated rings. The average Bonchev–Trinajstić information content (AvgIpc) is 2.42. The van der Waals surface area contributed by atoms with Crippen molar-refractivity contribution in [1.29, 1.82) is 0 Å². The summed E-state index contributed by atoms with van der Waals surface area (Å²) in [4.78, 5) is 23.0. The van der Waals surface area contributed by atoms with Crippen molar-refractivity contribution in [3.05, 3.63) is 30.1 Å². The highest BCUT2D eigenvalue weighted by Gasteiger charge is 2.05. The van der Waals surface area contributed by atoms with Crippen LogP contribution in [0.1, 0.15) is 19.8 Å². The Kier molecular flexibility index (Phi) is 7.72. The van der Waals surface area contributed by atoms with Crippen molar-refractivity contribution >= 4 is 29.3 Å². The van der Waals surface area contributed by atoms with Crippen LogP contribution in [0, 0.1) is 5.82 Å². The van der Waals surface area contributed by atoms with E-state index >= 15 is 0 Å². The molecule has 0 bridgehead atoms. The first-order valence-electron chi connectivity index (χ1n) is 6.51.